The first-order valence-corrected chi connectivity index (χ1v) is 12.5. The highest BCUT2D eigenvalue weighted by Gasteiger charge is 2.34. The third kappa shape index (κ3) is 5.10. The molecular weight excluding hydrogens is 464 g/mol. The summed E-state index contributed by atoms with van der Waals surface area (Å²) >= 11 is 5.88. The van der Waals surface area contributed by atoms with Gasteiger partial charge in [0.2, 0.25) is 27.6 Å². The van der Waals surface area contributed by atoms with Gasteiger partial charge in [-0.15, -0.1) is 0 Å². The van der Waals surface area contributed by atoms with E-state index in [1.165, 1.54) is 21.3 Å². The third-order valence-electron chi connectivity index (χ3n) is 5.79. The largest absolute Gasteiger partial charge is 0.337 e. The van der Waals surface area contributed by atoms with Gasteiger partial charge in [-0.2, -0.15) is 9.29 Å². The van der Waals surface area contributed by atoms with Crippen molar-refractivity contribution in [3.8, 4) is 11.4 Å². The maximum absolute atomic E-state index is 13.1. The molecule has 33 heavy (non-hydrogen) atoms. The van der Waals surface area contributed by atoms with Crippen molar-refractivity contribution in [2.75, 3.05) is 20.1 Å². The van der Waals surface area contributed by atoms with Crippen LogP contribution >= 0.6 is 11.6 Å². The number of benzene rings is 2. The highest BCUT2D eigenvalue weighted by molar-refractivity contribution is 7.89. The van der Waals surface area contributed by atoms with Crippen molar-refractivity contribution in [2.45, 2.75) is 31.2 Å². The predicted molar refractivity (Wildman–Crippen MR) is 124 cm³/mol. The average Bonchev–Trinajstić information content (AvgIpc) is 3.27. The molecule has 4 rings (SSSR count). The van der Waals surface area contributed by atoms with Gasteiger partial charge in [-0.1, -0.05) is 41.0 Å². The van der Waals surface area contributed by atoms with Crippen LogP contribution in [-0.2, 0) is 21.4 Å². The topological polar surface area (TPSA) is 96.6 Å². The van der Waals surface area contributed by atoms with E-state index in [0.29, 0.717) is 36.1 Å². The molecule has 0 saturated carbocycles. The molecular formula is C23H25ClN4O4S. The molecule has 1 aliphatic rings. The molecule has 10 heteroatoms. The summed E-state index contributed by atoms with van der Waals surface area (Å²) in [5, 5.41) is 4.50. The molecule has 1 fully saturated rings. The number of piperidine rings is 1. The fourth-order valence-corrected chi connectivity index (χ4v) is 5.61. The molecule has 174 valence electrons. The quantitative estimate of drug-likeness (QED) is 0.524. The normalized spacial score (nSPS) is 17.1. The summed E-state index contributed by atoms with van der Waals surface area (Å²) in [6, 6.07) is 13.8. The summed E-state index contributed by atoms with van der Waals surface area (Å²) in [5.74, 6) is 0.207. The number of carbonyl (C=O) groups excluding carboxylic acids is 1. The number of aromatic nitrogens is 2. The van der Waals surface area contributed by atoms with Gasteiger partial charge in [0, 0.05) is 30.7 Å². The van der Waals surface area contributed by atoms with E-state index in [4.69, 9.17) is 16.1 Å². The van der Waals surface area contributed by atoms with Gasteiger partial charge in [0.1, 0.15) is 0 Å². The Morgan fingerprint density at radius 3 is 2.67 bits per heavy atom. The molecule has 1 saturated heterocycles. The first-order chi connectivity index (χ1) is 15.8. The van der Waals surface area contributed by atoms with Gasteiger partial charge in [-0.3, -0.25) is 4.79 Å². The second-order valence-corrected chi connectivity index (χ2v) is 10.6. The van der Waals surface area contributed by atoms with Crippen LogP contribution in [0.2, 0.25) is 5.02 Å². The minimum Gasteiger partial charge on any atom is -0.337 e. The average molecular weight is 489 g/mol. The lowest BCUT2D eigenvalue weighted by molar-refractivity contribution is -0.136. The maximum Gasteiger partial charge on any atom is 0.246 e. The molecule has 0 bridgehead atoms. The van der Waals surface area contributed by atoms with E-state index >= 15 is 0 Å². The Labute approximate surface area is 198 Å². The first-order valence-electron chi connectivity index (χ1n) is 10.6. The summed E-state index contributed by atoms with van der Waals surface area (Å²) in [6.45, 7) is 2.63. The van der Waals surface area contributed by atoms with Gasteiger partial charge < -0.3 is 9.42 Å². The Morgan fingerprint density at radius 1 is 1.21 bits per heavy atom. The summed E-state index contributed by atoms with van der Waals surface area (Å²) in [6.07, 6.45) is 1.23. The number of aryl methyl sites for hydroxylation is 1. The molecule has 3 aromatic rings. The van der Waals surface area contributed by atoms with Gasteiger partial charge in [0.05, 0.1) is 17.4 Å². The maximum atomic E-state index is 13.1. The van der Waals surface area contributed by atoms with Gasteiger partial charge in [-0.25, -0.2) is 8.42 Å². The van der Waals surface area contributed by atoms with Crippen molar-refractivity contribution in [3.05, 3.63) is 65.0 Å². The minimum atomic E-state index is -3.70. The fourth-order valence-electron chi connectivity index (χ4n) is 3.96. The minimum absolute atomic E-state index is 0.131. The zero-order valence-corrected chi connectivity index (χ0v) is 20.0. The molecule has 0 radical (unpaired) electrons. The van der Waals surface area contributed by atoms with E-state index in [0.717, 1.165) is 11.1 Å². The predicted octanol–water partition coefficient (Wildman–Crippen LogP) is 3.76. The van der Waals surface area contributed by atoms with Gasteiger partial charge in [-0.05, 0) is 49.6 Å². The van der Waals surface area contributed by atoms with Crippen LogP contribution in [0, 0.1) is 12.8 Å². The molecule has 0 spiro atoms. The zero-order valence-electron chi connectivity index (χ0n) is 18.4. The summed E-state index contributed by atoms with van der Waals surface area (Å²) in [5.41, 5.74) is 1.90. The number of sulfonamides is 1. The molecule has 8 nitrogen and oxygen atoms in total. The molecule has 1 aliphatic heterocycles. The molecule has 2 heterocycles. The summed E-state index contributed by atoms with van der Waals surface area (Å²) in [7, 11) is -2.04. The van der Waals surface area contributed by atoms with Crippen LogP contribution in [0.3, 0.4) is 0 Å². The van der Waals surface area contributed by atoms with E-state index in [9.17, 15) is 13.2 Å². The number of rotatable bonds is 6. The van der Waals surface area contributed by atoms with Crippen molar-refractivity contribution in [1.82, 2.24) is 19.3 Å². The van der Waals surface area contributed by atoms with Crippen molar-refractivity contribution >= 4 is 27.5 Å². The smallest absolute Gasteiger partial charge is 0.246 e. The SMILES string of the molecule is Cc1ccccc1-c1noc(CN(C)C(=O)[C@H]2CCCN(S(=O)(=O)c3ccc(Cl)cc3)C2)n1. The lowest BCUT2D eigenvalue weighted by atomic mass is 9.98. The summed E-state index contributed by atoms with van der Waals surface area (Å²) in [4.78, 5) is 19.2. The molecule has 1 aromatic heterocycles. The zero-order chi connectivity index (χ0) is 23.6. The van der Waals surface area contributed by atoms with Crippen LogP contribution in [0.15, 0.2) is 57.9 Å². The molecule has 0 N–H and O–H groups in total. The highest BCUT2D eigenvalue weighted by atomic mass is 35.5. The number of hydrogen-bond acceptors (Lipinski definition) is 6. The van der Waals surface area contributed by atoms with E-state index < -0.39 is 15.9 Å². The Bertz CT molecular complexity index is 1240. The molecule has 1 amide bonds. The van der Waals surface area contributed by atoms with Crippen molar-refractivity contribution in [2.24, 2.45) is 5.92 Å². The van der Waals surface area contributed by atoms with Gasteiger partial charge >= 0.3 is 0 Å². The number of hydrogen-bond donors (Lipinski definition) is 0. The number of halogens is 1. The number of carbonyl (C=O) groups is 1. The molecule has 2 aromatic carbocycles. The van der Waals surface area contributed by atoms with E-state index in [1.807, 2.05) is 31.2 Å². The van der Waals surface area contributed by atoms with E-state index in [1.54, 1.807) is 19.2 Å². The Morgan fingerprint density at radius 2 is 1.94 bits per heavy atom. The Balaban J connectivity index is 1.42. The van der Waals surface area contributed by atoms with Crippen LogP contribution in [0.4, 0.5) is 0 Å². The van der Waals surface area contributed by atoms with Crippen LogP contribution in [-0.4, -0.2) is 53.8 Å². The third-order valence-corrected chi connectivity index (χ3v) is 7.92. The van der Waals surface area contributed by atoms with E-state index in [2.05, 4.69) is 10.1 Å². The Kier molecular flexibility index (Phi) is 6.83. The number of amides is 1. The Hall–Kier alpha value is -2.75. The number of nitrogens with zero attached hydrogens (tertiary/aromatic N) is 4. The monoisotopic (exact) mass is 488 g/mol. The fraction of sp³-hybridized carbons (Fsp3) is 0.348. The highest BCUT2D eigenvalue weighted by Crippen LogP contribution is 2.26. The van der Waals surface area contributed by atoms with Crippen LogP contribution in [0.1, 0.15) is 24.3 Å². The van der Waals surface area contributed by atoms with Gasteiger partial charge in [0.15, 0.2) is 0 Å². The molecule has 0 unspecified atom stereocenters. The first kappa shape index (κ1) is 23.4. The van der Waals surface area contributed by atoms with Crippen molar-refractivity contribution in [1.29, 1.82) is 0 Å². The molecule has 0 aliphatic carbocycles. The van der Waals surface area contributed by atoms with Crippen molar-refractivity contribution < 1.29 is 17.7 Å². The second kappa shape index (κ2) is 9.62. The standard InChI is InChI=1S/C23H25ClN4O4S/c1-16-6-3-4-8-20(16)22-25-21(32-26-22)15-27(2)23(29)17-7-5-13-28(14-17)33(30,31)19-11-9-18(24)10-12-19/h3-4,6,8-12,17H,5,7,13-15H2,1-2H3/t17-/m0/s1. The van der Waals surface area contributed by atoms with Crippen LogP contribution < -0.4 is 0 Å². The van der Waals surface area contributed by atoms with Crippen molar-refractivity contribution in [3.63, 3.8) is 0 Å². The second-order valence-electron chi connectivity index (χ2n) is 8.18. The lowest BCUT2D eigenvalue weighted by Crippen LogP contribution is -2.45. The van der Waals surface area contributed by atoms with Crippen LogP contribution in [0.5, 0.6) is 0 Å². The summed E-state index contributed by atoms with van der Waals surface area (Å²) < 4.78 is 32.8. The van der Waals surface area contributed by atoms with E-state index in [-0.39, 0.29) is 23.9 Å². The van der Waals surface area contributed by atoms with Crippen LogP contribution in [0.25, 0.3) is 11.4 Å². The lowest BCUT2D eigenvalue weighted by Gasteiger charge is -2.33. The van der Waals surface area contributed by atoms with Gasteiger partial charge in [0.25, 0.3) is 0 Å². The molecule has 1 atom stereocenters.